The highest BCUT2D eigenvalue weighted by Gasteiger charge is 2.53. The van der Waals surface area contributed by atoms with Crippen molar-refractivity contribution in [1.29, 1.82) is 0 Å². The Labute approximate surface area is 374 Å². The molecule has 0 fully saturated rings. The van der Waals surface area contributed by atoms with Gasteiger partial charge in [0.2, 0.25) is 0 Å². The zero-order chi connectivity index (χ0) is 42.8. The minimum atomic E-state index is -0.499. The summed E-state index contributed by atoms with van der Waals surface area (Å²) in [6, 6.07) is 80.9. The van der Waals surface area contributed by atoms with Crippen LogP contribution in [-0.2, 0) is 10.8 Å². The summed E-state index contributed by atoms with van der Waals surface area (Å²) in [6.45, 7) is 4.76. The molecule has 0 saturated heterocycles. The van der Waals surface area contributed by atoms with E-state index in [1.807, 2.05) is 12.1 Å². The van der Waals surface area contributed by atoms with Gasteiger partial charge in [0.15, 0.2) is 17.5 Å². The lowest BCUT2D eigenvalue weighted by Crippen LogP contribution is -2.40. The minimum absolute atomic E-state index is 0.234. The lowest BCUT2D eigenvalue weighted by molar-refractivity contribution is 0.563. The lowest BCUT2D eigenvalue weighted by Gasteiger charge is -2.47. The maximum atomic E-state index is 5.35. The molecule has 10 aromatic rings. The first-order chi connectivity index (χ1) is 31.5. The fourth-order valence-corrected chi connectivity index (χ4v) is 10.6. The number of hydrogen-bond acceptors (Lipinski definition) is 3. The van der Waals surface area contributed by atoms with Crippen LogP contribution in [0.3, 0.4) is 0 Å². The minimum Gasteiger partial charge on any atom is -0.208 e. The molecule has 0 atom stereocenters. The van der Waals surface area contributed by atoms with E-state index in [2.05, 4.69) is 226 Å². The van der Waals surface area contributed by atoms with E-state index >= 15 is 0 Å². The van der Waals surface area contributed by atoms with Gasteiger partial charge in [-0.05, 0) is 96.1 Å². The van der Waals surface area contributed by atoms with Crippen LogP contribution in [0, 0.1) is 0 Å². The zero-order valence-corrected chi connectivity index (χ0v) is 35.7. The van der Waals surface area contributed by atoms with Crippen LogP contribution in [0.15, 0.2) is 224 Å². The Kier molecular flexibility index (Phi) is 8.74. The van der Waals surface area contributed by atoms with Crippen molar-refractivity contribution in [3.63, 3.8) is 0 Å². The molecular weight excluding hydrogens is 775 g/mol. The molecule has 1 spiro atoms. The van der Waals surface area contributed by atoms with Gasteiger partial charge in [0, 0.05) is 22.1 Å². The highest BCUT2D eigenvalue weighted by atomic mass is 15.0. The number of rotatable bonds is 6. The third-order valence-corrected chi connectivity index (χ3v) is 13.6. The molecule has 0 radical (unpaired) electrons. The van der Waals surface area contributed by atoms with Gasteiger partial charge >= 0.3 is 0 Å². The molecule has 0 amide bonds. The van der Waals surface area contributed by atoms with Crippen molar-refractivity contribution in [3.05, 3.63) is 258 Å². The fourth-order valence-electron chi connectivity index (χ4n) is 10.6. The van der Waals surface area contributed by atoms with Crippen molar-refractivity contribution in [2.24, 2.45) is 0 Å². The molecule has 0 bridgehead atoms. The predicted molar refractivity (Wildman–Crippen MR) is 262 cm³/mol. The third-order valence-electron chi connectivity index (χ3n) is 13.6. The second kappa shape index (κ2) is 14.8. The largest absolute Gasteiger partial charge is 0.208 e. The molecule has 9 aromatic carbocycles. The van der Waals surface area contributed by atoms with Crippen LogP contribution >= 0.6 is 0 Å². The Morgan fingerprint density at radius 2 is 0.656 bits per heavy atom. The molecule has 2 aliphatic carbocycles. The first-order valence-electron chi connectivity index (χ1n) is 22.1. The van der Waals surface area contributed by atoms with Crippen LogP contribution in [0.1, 0.15) is 47.2 Å². The Hall–Kier alpha value is -8.01. The lowest BCUT2D eigenvalue weighted by atomic mass is 9.55. The van der Waals surface area contributed by atoms with Gasteiger partial charge in [0.05, 0.1) is 5.41 Å². The highest BCUT2D eigenvalue weighted by Crippen LogP contribution is 2.62. The van der Waals surface area contributed by atoms with Gasteiger partial charge in [-0.1, -0.05) is 220 Å². The van der Waals surface area contributed by atoms with Gasteiger partial charge in [-0.3, -0.25) is 0 Å². The fraction of sp³-hybridized carbons (Fsp3) is 0.0656. The SMILES string of the molecule is CC1(C)c2ccccc2C2(c3ccccc3-c3ccccc32)c2cc(-c3ccccc3-c3nc(-c4cccc(-c5ccccc5)c4)nc(-c4cccc(-c5ccccc5)c4)n3)ccc21. The first kappa shape index (κ1) is 37.7. The van der Waals surface area contributed by atoms with Crippen molar-refractivity contribution < 1.29 is 0 Å². The standard InChI is InChI=1S/C61H43N3/c1-60(2)53-33-15-16-34-55(53)61(51-31-13-11-28-48(51)49-29-12-14-32-52(49)61)56-39-44(35-36-54(56)60)47-27-9-10-30-50(47)59-63-57(45-25-17-23-42(37-45)40-19-5-3-6-20-40)62-58(64-59)46-26-18-24-43(38-46)41-21-7-4-8-22-41/h3-39H,1-2H3. The van der Waals surface area contributed by atoms with E-state index in [1.165, 1.54) is 44.5 Å². The number of aromatic nitrogens is 3. The van der Waals surface area contributed by atoms with Crippen molar-refractivity contribution >= 4 is 0 Å². The Bertz CT molecular complexity index is 3270. The molecule has 2 aliphatic rings. The van der Waals surface area contributed by atoms with Gasteiger partial charge < -0.3 is 0 Å². The molecule has 302 valence electrons. The van der Waals surface area contributed by atoms with E-state index in [9.17, 15) is 0 Å². The van der Waals surface area contributed by atoms with Crippen molar-refractivity contribution in [2.75, 3.05) is 0 Å². The smallest absolute Gasteiger partial charge is 0.164 e. The Morgan fingerprint density at radius 3 is 1.22 bits per heavy atom. The van der Waals surface area contributed by atoms with Crippen LogP contribution in [0.5, 0.6) is 0 Å². The predicted octanol–water partition coefficient (Wildman–Crippen LogP) is 14.9. The van der Waals surface area contributed by atoms with Crippen molar-refractivity contribution in [1.82, 2.24) is 15.0 Å². The summed E-state index contributed by atoms with van der Waals surface area (Å²) in [6.07, 6.45) is 0. The van der Waals surface area contributed by atoms with Crippen LogP contribution in [0.2, 0.25) is 0 Å². The van der Waals surface area contributed by atoms with Gasteiger partial charge in [-0.15, -0.1) is 0 Å². The van der Waals surface area contributed by atoms with Crippen LogP contribution in [0.25, 0.3) is 78.7 Å². The van der Waals surface area contributed by atoms with E-state index in [4.69, 9.17) is 15.0 Å². The highest BCUT2D eigenvalue weighted by molar-refractivity contribution is 5.90. The molecule has 3 heteroatoms. The van der Waals surface area contributed by atoms with E-state index in [1.54, 1.807) is 0 Å². The number of nitrogens with zero attached hydrogens (tertiary/aromatic N) is 3. The number of fused-ring (bicyclic) bond motifs is 9. The zero-order valence-electron chi connectivity index (χ0n) is 35.7. The molecule has 1 heterocycles. The number of benzene rings is 9. The Morgan fingerprint density at radius 1 is 0.250 bits per heavy atom. The third kappa shape index (κ3) is 5.85. The molecule has 0 aliphatic heterocycles. The van der Waals surface area contributed by atoms with E-state index < -0.39 is 5.41 Å². The second-order valence-corrected chi connectivity index (χ2v) is 17.5. The molecule has 1 aromatic heterocycles. The molecule has 0 unspecified atom stereocenters. The monoisotopic (exact) mass is 817 g/mol. The van der Waals surface area contributed by atoms with Crippen LogP contribution in [0.4, 0.5) is 0 Å². The second-order valence-electron chi connectivity index (χ2n) is 17.5. The van der Waals surface area contributed by atoms with Gasteiger partial charge in [0.1, 0.15) is 0 Å². The van der Waals surface area contributed by atoms with E-state index in [0.29, 0.717) is 17.5 Å². The number of hydrogen-bond donors (Lipinski definition) is 0. The maximum Gasteiger partial charge on any atom is 0.164 e. The van der Waals surface area contributed by atoms with Gasteiger partial charge in [0.25, 0.3) is 0 Å². The summed E-state index contributed by atoms with van der Waals surface area (Å²) in [7, 11) is 0. The first-order valence-corrected chi connectivity index (χ1v) is 22.1. The van der Waals surface area contributed by atoms with Gasteiger partial charge in [-0.25, -0.2) is 15.0 Å². The molecule has 3 nitrogen and oxygen atoms in total. The normalized spacial score (nSPS) is 13.7. The quantitative estimate of drug-likeness (QED) is 0.168. The Balaban J connectivity index is 1.08. The maximum absolute atomic E-state index is 5.35. The van der Waals surface area contributed by atoms with E-state index in [0.717, 1.165) is 50.1 Å². The molecule has 64 heavy (non-hydrogen) atoms. The topological polar surface area (TPSA) is 38.7 Å². The van der Waals surface area contributed by atoms with Crippen LogP contribution < -0.4 is 0 Å². The summed E-state index contributed by atoms with van der Waals surface area (Å²) < 4.78 is 0. The molecule has 12 rings (SSSR count). The summed E-state index contributed by atoms with van der Waals surface area (Å²) in [5, 5.41) is 0. The van der Waals surface area contributed by atoms with E-state index in [-0.39, 0.29) is 5.41 Å². The summed E-state index contributed by atoms with van der Waals surface area (Å²) in [4.78, 5) is 15.9. The average Bonchev–Trinajstić information content (AvgIpc) is 3.67. The summed E-state index contributed by atoms with van der Waals surface area (Å²) in [5.41, 5.74) is 19.3. The van der Waals surface area contributed by atoms with Crippen molar-refractivity contribution in [3.8, 4) is 78.7 Å². The van der Waals surface area contributed by atoms with Gasteiger partial charge in [-0.2, -0.15) is 0 Å². The van der Waals surface area contributed by atoms with Crippen LogP contribution in [-0.4, -0.2) is 15.0 Å². The summed E-state index contributed by atoms with van der Waals surface area (Å²) in [5.74, 6) is 1.87. The summed E-state index contributed by atoms with van der Waals surface area (Å²) >= 11 is 0. The average molecular weight is 818 g/mol. The molecule has 0 saturated carbocycles. The van der Waals surface area contributed by atoms with Crippen molar-refractivity contribution in [2.45, 2.75) is 24.7 Å². The molecular formula is C61H43N3. The molecule has 0 N–H and O–H groups in total.